The molecular formula is C17H18N4O2S. The van der Waals surface area contributed by atoms with E-state index in [1.165, 1.54) is 0 Å². The highest BCUT2D eigenvalue weighted by Gasteiger charge is 2.20. The van der Waals surface area contributed by atoms with E-state index in [4.69, 9.17) is 14.5 Å². The van der Waals surface area contributed by atoms with Gasteiger partial charge in [0.25, 0.3) is 0 Å². The summed E-state index contributed by atoms with van der Waals surface area (Å²) >= 11 is 1.60. The number of nitrogens with zero attached hydrogens (tertiary/aromatic N) is 4. The Kier molecular flexibility index (Phi) is 4.03. The Labute approximate surface area is 144 Å². The number of fused-ring (bicyclic) bond motifs is 1. The van der Waals surface area contributed by atoms with E-state index in [1.54, 1.807) is 18.4 Å². The molecule has 0 unspecified atom stereocenters. The molecule has 1 aromatic carbocycles. The van der Waals surface area contributed by atoms with E-state index in [0.29, 0.717) is 0 Å². The zero-order chi connectivity index (χ0) is 16.5. The van der Waals surface area contributed by atoms with Gasteiger partial charge in [0.05, 0.1) is 20.3 Å². The highest BCUT2D eigenvalue weighted by Crippen LogP contribution is 2.34. The Bertz CT molecular complexity index is 857. The molecule has 1 fully saturated rings. The van der Waals surface area contributed by atoms with Crippen molar-refractivity contribution in [1.82, 2.24) is 15.0 Å². The summed E-state index contributed by atoms with van der Waals surface area (Å²) in [6, 6.07) is 7.93. The van der Waals surface area contributed by atoms with Crippen LogP contribution in [0, 0.1) is 6.92 Å². The molecule has 0 atom stereocenters. The number of ether oxygens (including phenoxy) is 2. The number of aryl methyl sites for hydroxylation is 1. The van der Waals surface area contributed by atoms with Crippen LogP contribution >= 0.6 is 11.3 Å². The standard InChI is InChI=1S/C17H18N4O2S/c1-11-18-15(21-7-9-23-10-8-21)14-17(19-11)24-16(20-14)12-3-5-13(22-2)6-4-12/h3-6H,7-10H2,1-2H3. The zero-order valence-corrected chi connectivity index (χ0v) is 14.5. The third-order valence-electron chi connectivity index (χ3n) is 4.00. The number of rotatable bonds is 3. The maximum atomic E-state index is 5.45. The van der Waals surface area contributed by atoms with Crippen LogP contribution in [0.4, 0.5) is 5.82 Å². The van der Waals surface area contributed by atoms with Crippen molar-refractivity contribution >= 4 is 27.5 Å². The van der Waals surface area contributed by atoms with Crippen LogP contribution in [-0.2, 0) is 4.74 Å². The van der Waals surface area contributed by atoms with Gasteiger partial charge in [0.2, 0.25) is 0 Å². The molecule has 1 aliphatic heterocycles. The van der Waals surface area contributed by atoms with Gasteiger partial charge in [-0.3, -0.25) is 0 Å². The summed E-state index contributed by atoms with van der Waals surface area (Å²) in [5.41, 5.74) is 1.93. The normalized spacial score (nSPS) is 15.0. The van der Waals surface area contributed by atoms with Crippen molar-refractivity contribution in [3.05, 3.63) is 30.1 Å². The number of thiazole rings is 1. The molecule has 124 valence electrons. The van der Waals surface area contributed by atoms with Crippen LogP contribution in [0.5, 0.6) is 5.75 Å². The second-order valence-electron chi connectivity index (χ2n) is 5.60. The molecule has 0 amide bonds. The van der Waals surface area contributed by atoms with Crippen molar-refractivity contribution in [2.45, 2.75) is 6.92 Å². The van der Waals surface area contributed by atoms with Crippen LogP contribution in [0.1, 0.15) is 5.82 Å². The first-order chi connectivity index (χ1) is 11.7. The summed E-state index contributed by atoms with van der Waals surface area (Å²) in [6.07, 6.45) is 0. The number of morpholine rings is 1. The van der Waals surface area contributed by atoms with Crippen molar-refractivity contribution in [2.24, 2.45) is 0 Å². The monoisotopic (exact) mass is 342 g/mol. The van der Waals surface area contributed by atoms with E-state index in [9.17, 15) is 0 Å². The van der Waals surface area contributed by atoms with Gasteiger partial charge in [0, 0.05) is 18.7 Å². The number of hydrogen-bond donors (Lipinski definition) is 0. The quantitative estimate of drug-likeness (QED) is 0.729. The predicted octanol–water partition coefficient (Wildman–Crippen LogP) is 2.91. The van der Waals surface area contributed by atoms with E-state index < -0.39 is 0 Å². The van der Waals surface area contributed by atoms with E-state index in [-0.39, 0.29) is 0 Å². The van der Waals surface area contributed by atoms with Gasteiger partial charge in [-0.25, -0.2) is 15.0 Å². The molecular weight excluding hydrogens is 324 g/mol. The van der Waals surface area contributed by atoms with Crippen molar-refractivity contribution in [1.29, 1.82) is 0 Å². The number of aromatic nitrogens is 3. The van der Waals surface area contributed by atoms with Gasteiger partial charge in [-0.2, -0.15) is 0 Å². The number of hydrogen-bond acceptors (Lipinski definition) is 7. The third kappa shape index (κ3) is 2.81. The molecule has 3 aromatic rings. The SMILES string of the molecule is COc1ccc(-c2nc3c(N4CCOCC4)nc(C)nc3s2)cc1. The first kappa shape index (κ1) is 15.3. The minimum Gasteiger partial charge on any atom is -0.497 e. The molecule has 6 nitrogen and oxygen atoms in total. The molecule has 4 rings (SSSR count). The molecule has 0 N–H and O–H groups in total. The van der Waals surface area contributed by atoms with Crippen LogP contribution < -0.4 is 9.64 Å². The lowest BCUT2D eigenvalue weighted by atomic mass is 10.2. The Morgan fingerprint density at radius 1 is 1.08 bits per heavy atom. The highest BCUT2D eigenvalue weighted by atomic mass is 32.1. The first-order valence-corrected chi connectivity index (χ1v) is 8.68. The lowest BCUT2D eigenvalue weighted by Crippen LogP contribution is -2.37. The fourth-order valence-corrected chi connectivity index (χ4v) is 3.75. The molecule has 1 saturated heterocycles. The maximum Gasteiger partial charge on any atom is 0.160 e. The topological polar surface area (TPSA) is 60.4 Å². The van der Waals surface area contributed by atoms with Crippen molar-refractivity contribution in [2.75, 3.05) is 38.3 Å². The molecule has 0 aliphatic carbocycles. The van der Waals surface area contributed by atoms with Gasteiger partial charge in [0.1, 0.15) is 26.9 Å². The van der Waals surface area contributed by atoms with Gasteiger partial charge in [0.15, 0.2) is 5.82 Å². The van der Waals surface area contributed by atoms with E-state index in [2.05, 4.69) is 14.9 Å². The largest absolute Gasteiger partial charge is 0.497 e. The van der Waals surface area contributed by atoms with Gasteiger partial charge < -0.3 is 14.4 Å². The van der Waals surface area contributed by atoms with E-state index in [1.807, 2.05) is 31.2 Å². The summed E-state index contributed by atoms with van der Waals surface area (Å²) < 4.78 is 10.7. The van der Waals surface area contributed by atoms with Crippen LogP contribution in [0.3, 0.4) is 0 Å². The Balaban J connectivity index is 1.78. The maximum absolute atomic E-state index is 5.45. The zero-order valence-electron chi connectivity index (χ0n) is 13.7. The van der Waals surface area contributed by atoms with Crippen LogP contribution in [0.2, 0.25) is 0 Å². The van der Waals surface area contributed by atoms with Gasteiger partial charge in [-0.05, 0) is 31.2 Å². The fraction of sp³-hybridized carbons (Fsp3) is 0.353. The molecule has 0 bridgehead atoms. The first-order valence-electron chi connectivity index (χ1n) is 7.87. The Morgan fingerprint density at radius 2 is 1.83 bits per heavy atom. The van der Waals surface area contributed by atoms with Crippen molar-refractivity contribution in [3.63, 3.8) is 0 Å². The van der Waals surface area contributed by atoms with E-state index >= 15 is 0 Å². The van der Waals surface area contributed by atoms with Gasteiger partial charge in [-0.15, -0.1) is 0 Å². The average molecular weight is 342 g/mol. The fourth-order valence-electron chi connectivity index (χ4n) is 2.76. The molecule has 24 heavy (non-hydrogen) atoms. The van der Waals surface area contributed by atoms with Crippen LogP contribution in [0.15, 0.2) is 24.3 Å². The number of methoxy groups -OCH3 is 1. The van der Waals surface area contributed by atoms with Gasteiger partial charge >= 0.3 is 0 Å². The molecule has 0 saturated carbocycles. The smallest absolute Gasteiger partial charge is 0.160 e. The number of anilines is 1. The minimum atomic E-state index is 0.722. The average Bonchev–Trinajstić information content (AvgIpc) is 3.05. The van der Waals surface area contributed by atoms with Crippen molar-refractivity contribution in [3.8, 4) is 16.3 Å². The number of benzene rings is 1. The van der Waals surface area contributed by atoms with Gasteiger partial charge in [-0.1, -0.05) is 11.3 Å². The predicted molar refractivity (Wildman–Crippen MR) is 95.0 cm³/mol. The molecule has 0 spiro atoms. The molecule has 3 heterocycles. The Hall–Kier alpha value is -2.25. The molecule has 0 radical (unpaired) electrons. The van der Waals surface area contributed by atoms with E-state index in [0.717, 1.165) is 64.6 Å². The molecule has 7 heteroatoms. The third-order valence-corrected chi connectivity index (χ3v) is 5.00. The Morgan fingerprint density at radius 3 is 2.54 bits per heavy atom. The lowest BCUT2D eigenvalue weighted by molar-refractivity contribution is 0.122. The summed E-state index contributed by atoms with van der Waals surface area (Å²) in [7, 11) is 1.67. The summed E-state index contributed by atoms with van der Waals surface area (Å²) in [5, 5.41) is 0.946. The second-order valence-corrected chi connectivity index (χ2v) is 6.57. The summed E-state index contributed by atoms with van der Waals surface area (Å²) in [4.78, 5) is 17.2. The highest BCUT2D eigenvalue weighted by molar-refractivity contribution is 7.21. The minimum absolute atomic E-state index is 0.722. The van der Waals surface area contributed by atoms with Crippen LogP contribution in [-0.4, -0.2) is 48.4 Å². The lowest BCUT2D eigenvalue weighted by Gasteiger charge is -2.27. The summed E-state index contributed by atoms with van der Waals surface area (Å²) in [6.45, 7) is 5.04. The molecule has 1 aliphatic rings. The van der Waals surface area contributed by atoms with Crippen molar-refractivity contribution < 1.29 is 9.47 Å². The molecule has 2 aromatic heterocycles. The second kappa shape index (κ2) is 6.33. The summed E-state index contributed by atoms with van der Waals surface area (Å²) in [5.74, 6) is 2.52. The van der Waals surface area contributed by atoms with Crippen LogP contribution in [0.25, 0.3) is 20.9 Å².